The molecule has 0 spiro atoms. The molecule has 0 radical (unpaired) electrons. The van der Waals surface area contributed by atoms with Crippen LogP contribution >= 0.6 is 50.9 Å². The molecule has 0 heterocycles. The first-order valence-corrected chi connectivity index (χ1v) is 14.3. The van der Waals surface area contributed by atoms with Crippen LogP contribution in [0, 0.1) is 0 Å². The van der Waals surface area contributed by atoms with Gasteiger partial charge in [0.25, 0.3) is 0 Å². The Kier molecular flexibility index (Phi) is 11.2. The minimum absolute atomic E-state index is 0.0568. The molecule has 0 saturated carbocycles. The number of hydrogen-bond acceptors (Lipinski definition) is 3. The van der Waals surface area contributed by atoms with Crippen molar-refractivity contribution in [2.24, 2.45) is 0 Å². The normalized spacial score (nSPS) is 11.8. The van der Waals surface area contributed by atoms with Crippen molar-refractivity contribution in [3.8, 4) is 0 Å². The van der Waals surface area contributed by atoms with Crippen LogP contribution < -0.4 is 5.32 Å². The maximum Gasteiger partial charge on any atom is 0.243 e. The molecule has 0 saturated heterocycles. The van der Waals surface area contributed by atoms with Gasteiger partial charge >= 0.3 is 0 Å². The number of carbonyl (C=O) groups is 2. The highest BCUT2D eigenvalue weighted by molar-refractivity contribution is 9.10. The molecule has 36 heavy (non-hydrogen) atoms. The Hall–Kier alpha value is -1.99. The summed E-state index contributed by atoms with van der Waals surface area (Å²) in [7, 11) is 0. The van der Waals surface area contributed by atoms with Gasteiger partial charge in [0, 0.05) is 39.3 Å². The zero-order chi connectivity index (χ0) is 26.1. The standard InChI is InChI=1S/C28H29BrCl2N2O2S/c1-19(2)32-28(35)26(14-20-6-4-3-5-7-20)33(16-22-10-13-24(30)15-25(22)31)27(34)18-36-17-21-8-11-23(29)12-9-21/h3-13,15,19,26H,14,16-18H2,1-2H3,(H,32,35)/t26-/m1/s1. The van der Waals surface area contributed by atoms with Crippen molar-refractivity contribution in [3.05, 3.63) is 104 Å². The van der Waals surface area contributed by atoms with Crippen molar-refractivity contribution in [1.82, 2.24) is 10.2 Å². The first-order chi connectivity index (χ1) is 17.2. The van der Waals surface area contributed by atoms with E-state index in [1.807, 2.05) is 68.4 Å². The van der Waals surface area contributed by atoms with Gasteiger partial charge in [-0.3, -0.25) is 9.59 Å². The molecule has 3 aromatic rings. The fourth-order valence-electron chi connectivity index (χ4n) is 3.69. The topological polar surface area (TPSA) is 49.4 Å². The Morgan fingerprint density at radius 2 is 1.67 bits per heavy atom. The van der Waals surface area contributed by atoms with Crippen molar-refractivity contribution >= 4 is 62.7 Å². The molecule has 190 valence electrons. The van der Waals surface area contributed by atoms with Crippen LogP contribution in [-0.2, 0) is 28.3 Å². The van der Waals surface area contributed by atoms with E-state index in [0.29, 0.717) is 22.2 Å². The molecule has 0 unspecified atom stereocenters. The molecule has 8 heteroatoms. The van der Waals surface area contributed by atoms with Crippen molar-refractivity contribution in [2.45, 2.75) is 44.6 Å². The Morgan fingerprint density at radius 1 is 0.972 bits per heavy atom. The summed E-state index contributed by atoms with van der Waals surface area (Å²) in [5.41, 5.74) is 2.84. The van der Waals surface area contributed by atoms with Crippen molar-refractivity contribution in [2.75, 3.05) is 5.75 Å². The van der Waals surface area contributed by atoms with Gasteiger partial charge in [-0.1, -0.05) is 87.7 Å². The minimum Gasteiger partial charge on any atom is -0.352 e. The highest BCUT2D eigenvalue weighted by Gasteiger charge is 2.31. The lowest BCUT2D eigenvalue weighted by molar-refractivity contribution is -0.139. The number of nitrogens with one attached hydrogen (secondary N) is 1. The van der Waals surface area contributed by atoms with Crippen molar-refractivity contribution in [3.63, 3.8) is 0 Å². The third-order valence-electron chi connectivity index (χ3n) is 5.47. The fourth-order valence-corrected chi connectivity index (χ4v) is 5.29. The van der Waals surface area contributed by atoms with Crippen LogP contribution in [0.5, 0.6) is 0 Å². The lowest BCUT2D eigenvalue weighted by Crippen LogP contribution is -2.52. The maximum absolute atomic E-state index is 13.6. The zero-order valence-corrected chi connectivity index (χ0v) is 24.1. The van der Waals surface area contributed by atoms with E-state index < -0.39 is 6.04 Å². The molecule has 3 aromatic carbocycles. The highest BCUT2D eigenvalue weighted by atomic mass is 79.9. The number of nitrogens with zero attached hydrogens (tertiary/aromatic N) is 1. The molecule has 1 N–H and O–H groups in total. The third-order valence-corrected chi connectivity index (χ3v) is 7.57. The molecule has 3 rings (SSSR count). The van der Waals surface area contributed by atoms with E-state index in [-0.39, 0.29) is 30.2 Å². The lowest BCUT2D eigenvalue weighted by atomic mass is 10.0. The SMILES string of the molecule is CC(C)NC(=O)[C@@H](Cc1ccccc1)N(Cc1ccc(Cl)cc1Cl)C(=O)CSCc1ccc(Br)cc1. The van der Waals surface area contributed by atoms with Crippen LogP contribution in [0.3, 0.4) is 0 Å². The zero-order valence-electron chi connectivity index (χ0n) is 20.2. The molecule has 2 amide bonds. The molecule has 0 aliphatic rings. The summed E-state index contributed by atoms with van der Waals surface area (Å²) < 4.78 is 1.01. The smallest absolute Gasteiger partial charge is 0.243 e. The van der Waals surface area contributed by atoms with E-state index in [1.165, 1.54) is 11.8 Å². The van der Waals surface area contributed by atoms with Crippen molar-refractivity contribution in [1.29, 1.82) is 0 Å². The second kappa shape index (κ2) is 14.1. The number of thioether (sulfide) groups is 1. The first kappa shape index (κ1) is 28.6. The Morgan fingerprint density at radius 3 is 2.31 bits per heavy atom. The van der Waals surface area contributed by atoms with Gasteiger partial charge in [-0.2, -0.15) is 0 Å². The van der Waals surface area contributed by atoms with Gasteiger partial charge in [-0.25, -0.2) is 0 Å². The summed E-state index contributed by atoms with van der Waals surface area (Å²) in [6, 6.07) is 22.2. The Balaban J connectivity index is 1.87. The number of amides is 2. The summed E-state index contributed by atoms with van der Waals surface area (Å²) >= 11 is 17.5. The van der Waals surface area contributed by atoms with Crippen molar-refractivity contribution < 1.29 is 9.59 Å². The van der Waals surface area contributed by atoms with Crippen LogP contribution in [0.1, 0.15) is 30.5 Å². The number of benzene rings is 3. The second-order valence-electron chi connectivity index (χ2n) is 8.75. The van der Waals surface area contributed by atoms with E-state index in [2.05, 4.69) is 21.2 Å². The molecule has 0 fully saturated rings. The van der Waals surface area contributed by atoms with E-state index >= 15 is 0 Å². The summed E-state index contributed by atoms with van der Waals surface area (Å²) in [6.45, 7) is 4.03. The Bertz CT molecular complexity index is 1160. The maximum atomic E-state index is 13.6. The predicted octanol–water partition coefficient (Wildman–Crippen LogP) is 7.15. The molecule has 1 atom stereocenters. The summed E-state index contributed by atoms with van der Waals surface area (Å²) in [4.78, 5) is 28.7. The van der Waals surface area contributed by atoms with Gasteiger partial charge in [-0.15, -0.1) is 11.8 Å². The first-order valence-electron chi connectivity index (χ1n) is 11.6. The number of hydrogen-bond donors (Lipinski definition) is 1. The van der Waals surface area contributed by atoms with Crippen LogP contribution in [0.2, 0.25) is 10.0 Å². The number of rotatable bonds is 11. The second-order valence-corrected chi connectivity index (χ2v) is 11.5. The largest absolute Gasteiger partial charge is 0.352 e. The Labute approximate surface area is 235 Å². The van der Waals surface area contributed by atoms with Crippen LogP contribution in [0.25, 0.3) is 0 Å². The molecule has 0 aliphatic carbocycles. The molecule has 0 aliphatic heterocycles. The average Bonchev–Trinajstić information content (AvgIpc) is 2.84. The minimum atomic E-state index is -0.692. The van der Waals surface area contributed by atoms with Gasteiger partial charge in [-0.05, 0) is 54.8 Å². The predicted molar refractivity (Wildman–Crippen MR) is 155 cm³/mol. The van der Waals surface area contributed by atoms with E-state index in [4.69, 9.17) is 23.2 Å². The third kappa shape index (κ3) is 8.84. The van der Waals surface area contributed by atoms with Gasteiger partial charge in [0.15, 0.2) is 0 Å². The average molecular weight is 608 g/mol. The molecule has 4 nitrogen and oxygen atoms in total. The summed E-state index contributed by atoms with van der Waals surface area (Å²) in [6.07, 6.45) is 0.397. The van der Waals surface area contributed by atoms with Gasteiger partial charge in [0.1, 0.15) is 6.04 Å². The fraction of sp³-hybridized carbons (Fsp3) is 0.286. The number of halogens is 3. The van der Waals surface area contributed by atoms with E-state index in [1.54, 1.807) is 23.1 Å². The quantitative estimate of drug-likeness (QED) is 0.252. The van der Waals surface area contributed by atoms with Gasteiger partial charge in [0.2, 0.25) is 11.8 Å². The van der Waals surface area contributed by atoms with Crippen LogP contribution in [0.4, 0.5) is 0 Å². The number of carbonyl (C=O) groups excluding carboxylic acids is 2. The van der Waals surface area contributed by atoms with Gasteiger partial charge in [0.05, 0.1) is 5.75 Å². The summed E-state index contributed by atoms with van der Waals surface area (Å²) in [5, 5.41) is 3.98. The van der Waals surface area contributed by atoms with Crippen LogP contribution in [0.15, 0.2) is 77.3 Å². The molecule has 0 aromatic heterocycles. The van der Waals surface area contributed by atoms with E-state index in [9.17, 15) is 9.59 Å². The van der Waals surface area contributed by atoms with E-state index in [0.717, 1.165) is 21.2 Å². The van der Waals surface area contributed by atoms with Crippen LogP contribution in [-0.4, -0.2) is 34.6 Å². The monoisotopic (exact) mass is 606 g/mol. The van der Waals surface area contributed by atoms with Gasteiger partial charge < -0.3 is 10.2 Å². The molecule has 0 bridgehead atoms. The summed E-state index contributed by atoms with van der Waals surface area (Å²) in [5.74, 6) is 0.616. The highest BCUT2D eigenvalue weighted by Crippen LogP contribution is 2.25. The molecular formula is C28H29BrCl2N2O2S. The molecular weight excluding hydrogens is 579 g/mol. The lowest BCUT2D eigenvalue weighted by Gasteiger charge is -2.32.